The van der Waals surface area contributed by atoms with Gasteiger partial charge in [0.25, 0.3) is 0 Å². The van der Waals surface area contributed by atoms with Gasteiger partial charge < -0.3 is 5.73 Å². The molecule has 0 saturated heterocycles. The van der Waals surface area contributed by atoms with Gasteiger partial charge in [0, 0.05) is 12.1 Å². The van der Waals surface area contributed by atoms with Crippen LogP contribution in [0.15, 0.2) is 35.9 Å². The fourth-order valence-corrected chi connectivity index (χ4v) is 2.09. The third kappa shape index (κ3) is 2.72. The van der Waals surface area contributed by atoms with Crippen LogP contribution in [0.5, 0.6) is 0 Å². The summed E-state index contributed by atoms with van der Waals surface area (Å²) in [4.78, 5) is 12.0. The molecule has 2 N–H and O–H groups in total. The van der Waals surface area contributed by atoms with Crippen LogP contribution in [-0.2, 0) is 11.2 Å². The van der Waals surface area contributed by atoms with E-state index in [-0.39, 0.29) is 5.78 Å². The lowest BCUT2D eigenvalue weighted by atomic mass is 9.93. The standard InChI is InChI=1S/C14H17NO/c15-13-8-4-5-11(9-13)10-14(16)12-6-2-1-3-7-12/h4-6,8-9H,1-3,7,10,15H2. The largest absolute Gasteiger partial charge is 0.399 e. The van der Waals surface area contributed by atoms with Crippen molar-refractivity contribution < 1.29 is 4.79 Å². The predicted octanol–water partition coefficient (Wildman–Crippen LogP) is 2.88. The molecule has 2 heteroatoms. The second-order valence-electron chi connectivity index (χ2n) is 4.32. The Morgan fingerprint density at radius 3 is 2.88 bits per heavy atom. The Bertz CT molecular complexity index is 420. The molecule has 1 aromatic carbocycles. The molecule has 0 spiro atoms. The summed E-state index contributed by atoms with van der Waals surface area (Å²) in [7, 11) is 0. The van der Waals surface area contributed by atoms with Gasteiger partial charge in [0.05, 0.1) is 0 Å². The Balaban J connectivity index is 2.04. The van der Waals surface area contributed by atoms with Crippen LogP contribution in [-0.4, -0.2) is 5.78 Å². The predicted molar refractivity (Wildman–Crippen MR) is 66.1 cm³/mol. The highest BCUT2D eigenvalue weighted by Gasteiger charge is 2.12. The molecular weight excluding hydrogens is 198 g/mol. The number of rotatable bonds is 3. The number of anilines is 1. The average molecular weight is 215 g/mol. The molecule has 0 bridgehead atoms. The normalized spacial score (nSPS) is 15.6. The minimum Gasteiger partial charge on any atom is -0.399 e. The van der Waals surface area contributed by atoms with Crippen LogP contribution in [0, 0.1) is 0 Å². The SMILES string of the molecule is Nc1cccc(CC(=O)C2=CCCCC2)c1. The molecule has 0 amide bonds. The van der Waals surface area contributed by atoms with Crippen molar-refractivity contribution >= 4 is 11.5 Å². The number of nitrogens with two attached hydrogens (primary N) is 1. The van der Waals surface area contributed by atoms with Gasteiger partial charge in [-0.1, -0.05) is 18.2 Å². The minimum absolute atomic E-state index is 0.255. The van der Waals surface area contributed by atoms with E-state index in [0.29, 0.717) is 6.42 Å². The number of ketones is 1. The van der Waals surface area contributed by atoms with Gasteiger partial charge >= 0.3 is 0 Å². The first-order valence-corrected chi connectivity index (χ1v) is 5.82. The summed E-state index contributed by atoms with van der Waals surface area (Å²) in [6.45, 7) is 0. The van der Waals surface area contributed by atoms with E-state index in [4.69, 9.17) is 5.73 Å². The first-order chi connectivity index (χ1) is 7.75. The lowest BCUT2D eigenvalue weighted by Crippen LogP contribution is -2.09. The minimum atomic E-state index is 0.255. The number of nitrogen functional groups attached to an aromatic ring is 1. The highest BCUT2D eigenvalue weighted by Crippen LogP contribution is 2.20. The van der Waals surface area contributed by atoms with Crippen molar-refractivity contribution in [1.29, 1.82) is 0 Å². The molecule has 84 valence electrons. The molecule has 0 fully saturated rings. The van der Waals surface area contributed by atoms with Crippen molar-refractivity contribution in [3.05, 3.63) is 41.5 Å². The number of carbonyl (C=O) groups excluding carboxylic acids is 1. The maximum Gasteiger partial charge on any atom is 0.162 e. The maximum atomic E-state index is 12.0. The number of benzene rings is 1. The molecule has 2 nitrogen and oxygen atoms in total. The molecule has 0 saturated carbocycles. The Labute approximate surface area is 96.2 Å². The van der Waals surface area contributed by atoms with E-state index in [1.165, 1.54) is 6.42 Å². The van der Waals surface area contributed by atoms with Gasteiger partial charge in [-0.05, 0) is 49.0 Å². The van der Waals surface area contributed by atoms with Crippen LogP contribution in [0.3, 0.4) is 0 Å². The van der Waals surface area contributed by atoms with E-state index in [1.54, 1.807) is 0 Å². The third-order valence-electron chi connectivity index (χ3n) is 2.96. The van der Waals surface area contributed by atoms with Crippen molar-refractivity contribution in [2.45, 2.75) is 32.1 Å². The van der Waals surface area contributed by atoms with Crippen LogP contribution in [0.2, 0.25) is 0 Å². The van der Waals surface area contributed by atoms with Gasteiger partial charge in [0.15, 0.2) is 5.78 Å². The fourth-order valence-electron chi connectivity index (χ4n) is 2.09. The molecule has 2 rings (SSSR count). The summed E-state index contributed by atoms with van der Waals surface area (Å²) >= 11 is 0. The summed E-state index contributed by atoms with van der Waals surface area (Å²) in [5.74, 6) is 0.255. The Morgan fingerprint density at radius 2 is 2.19 bits per heavy atom. The first kappa shape index (κ1) is 10.9. The van der Waals surface area contributed by atoms with Crippen LogP contribution in [0.25, 0.3) is 0 Å². The summed E-state index contributed by atoms with van der Waals surface area (Å²) in [6, 6.07) is 7.57. The fraction of sp³-hybridized carbons (Fsp3) is 0.357. The Hall–Kier alpha value is -1.57. The Kier molecular flexibility index (Phi) is 3.40. The van der Waals surface area contributed by atoms with Crippen molar-refractivity contribution in [2.75, 3.05) is 5.73 Å². The quantitative estimate of drug-likeness (QED) is 0.788. The van der Waals surface area contributed by atoms with E-state index < -0.39 is 0 Å². The Morgan fingerprint density at radius 1 is 1.31 bits per heavy atom. The van der Waals surface area contributed by atoms with Gasteiger partial charge in [-0.3, -0.25) is 4.79 Å². The summed E-state index contributed by atoms with van der Waals surface area (Å²) < 4.78 is 0. The molecule has 0 atom stereocenters. The van der Waals surface area contributed by atoms with Gasteiger partial charge in [-0.25, -0.2) is 0 Å². The maximum absolute atomic E-state index is 12.0. The summed E-state index contributed by atoms with van der Waals surface area (Å²) in [5, 5.41) is 0. The second-order valence-corrected chi connectivity index (χ2v) is 4.32. The number of hydrogen-bond donors (Lipinski definition) is 1. The molecule has 1 aliphatic carbocycles. The smallest absolute Gasteiger partial charge is 0.162 e. The van der Waals surface area contributed by atoms with Crippen molar-refractivity contribution in [2.24, 2.45) is 0 Å². The van der Waals surface area contributed by atoms with E-state index >= 15 is 0 Å². The summed E-state index contributed by atoms with van der Waals surface area (Å²) in [6.07, 6.45) is 6.94. The van der Waals surface area contributed by atoms with E-state index in [2.05, 4.69) is 6.08 Å². The van der Waals surface area contributed by atoms with E-state index in [9.17, 15) is 4.79 Å². The van der Waals surface area contributed by atoms with Gasteiger partial charge in [0.1, 0.15) is 0 Å². The number of allylic oxidation sites excluding steroid dienone is 2. The van der Waals surface area contributed by atoms with Crippen LogP contribution < -0.4 is 5.73 Å². The zero-order valence-electron chi connectivity index (χ0n) is 9.41. The van der Waals surface area contributed by atoms with E-state index in [1.807, 2.05) is 24.3 Å². The molecular formula is C14H17NO. The van der Waals surface area contributed by atoms with Gasteiger partial charge in [-0.15, -0.1) is 0 Å². The van der Waals surface area contributed by atoms with Gasteiger partial charge in [0.2, 0.25) is 0 Å². The monoisotopic (exact) mass is 215 g/mol. The molecule has 0 radical (unpaired) electrons. The van der Waals surface area contributed by atoms with Crippen LogP contribution >= 0.6 is 0 Å². The molecule has 0 unspecified atom stereocenters. The second kappa shape index (κ2) is 4.97. The zero-order valence-corrected chi connectivity index (χ0v) is 9.41. The third-order valence-corrected chi connectivity index (χ3v) is 2.96. The van der Waals surface area contributed by atoms with Crippen molar-refractivity contribution in [3.63, 3.8) is 0 Å². The number of Topliss-reactive ketones (excluding diaryl/α,β-unsaturated/α-hetero) is 1. The highest BCUT2D eigenvalue weighted by molar-refractivity contribution is 5.96. The lowest BCUT2D eigenvalue weighted by molar-refractivity contribution is -0.115. The molecule has 0 heterocycles. The highest BCUT2D eigenvalue weighted by atomic mass is 16.1. The molecule has 16 heavy (non-hydrogen) atoms. The molecule has 0 aromatic heterocycles. The molecule has 1 aliphatic rings. The molecule has 1 aromatic rings. The first-order valence-electron chi connectivity index (χ1n) is 5.82. The molecule has 0 aliphatic heterocycles. The van der Waals surface area contributed by atoms with Crippen molar-refractivity contribution in [3.8, 4) is 0 Å². The lowest BCUT2D eigenvalue weighted by Gasteiger charge is -2.11. The number of carbonyl (C=O) groups is 1. The van der Waals surface area contributed by atoms with Gasteiger partial charge in [-0.2, -0.15) is 0 Å². The number of hydrogen-bond acceptors (Lipinski definition) is 2. The van der Waals surface area contributed by atoms with Crippen LogP contribution in [0.1, 0.15) is 31.2 Å². The van der Waals surface area contributed by atoms with Crippen molar-refractivity contribution in [1.82, 2.24) is 0 Å². The summed E-state index contributed by atoms with van der Waals surface area (Å²) in [5.41, 5.74) is 8.43. The topological polar surface area (TPSA) is 43.1 Å². The zero-order chi connectivity index (χ0) is 11.4. The van der Waals surface area contributed by atoms with Crippen LogP contribution in [0.4, 0.5) is 5.69 Å². The van der Waals surface area contributed by atoms with E-state index in [0.717, 1.165) is 36.1 Å². The average Bonchev–Trinajstić information content (AvgIpc) is 2.30.